The van der Waals surface area contributed by atoms with Crippen LogP contribution in [-0.4, -0.2) is 86.4 Å². The average molecular weight is 741 g/mol. The van der Waals surface area contributed by atoms with Crippen LogP contribution >= 0.6 is 22.9 Å². The Labute approximate surface area is 313 Å². The lowest BCUT2D eigenvalue weighted by atomic mass is 9.90. The molecule has 1 amide bonds. The molecule has 1 saturated carbocycles. The molecule has 5 heterocycles. The number of methoxy groups -OCH3 is 1. The summed E-state index contributed by atoms with van der Waals surface area (Å²) in [6.07, 6.45) is 3.29. The summed E-state index contributed by atoms with van der Waals surface area (Å²) in [4.78, 5) is 39.9. The van der Waals surface area contributed by atoms with Crippen LogP contribution in [0.4, 0.5) is 4.79 Å². The van der Waals surface area contributed by atoms with Gasteiger partial charge in [-0.1, -0.05) is 23.7 Å². The lowest BCUT2D eigenvalue weighted by Gasteiger charge is -2.46. The number of piperidine rings is 1. The smallest absolute Gasteiger partial charge is 0.409 e. The number of ketones is 1. The highest BCUT2D eigenvalue weighted by Crippen LogP contribution is 2.45. The fourth-order valence-electron chi connectivity index (χ4n) is 7.80. The normalized spacial score (nSPS) is 18.2. The molecular formula is C40H45ClN6O4S. The van der Waals surface area contributed by atoms with Crippen molar-refractivity contribution in [1.29, 1.82) is 0 Å². The highest BCUT2D eigenvalue weighted by Gasteiger charge is 2.38. The molecule has 0 spiro atoms. The predicted octanol–water partition coefficient (Wildman–Crippen LogP) is 8.75. The SMILES string of the molecule is COC(=O)N1CC(N2CCC(c3nn(C4CC4)c4ccc(-c5nc6cc(C)c([C@H](OC(C)(C)C)C(C)=O)c(-c7ccc(Cl)cc7)c6s5)nc34)CC2)C1. The zero-order valence-corrected chi connectivity index (χ0v) is 32.2. The van der Waals surface area contributed by atoms with Gasteiger partial charge in [-0.05, 0) is 115 Å². The second-order valence-corrected chi connectivity index (χ2v) is 17.0. The summed E-state index contributed by atoms with van der Waals surface area (Å²) in [7, 11) is 1.44. The summed E-state index contributed by atoms with van der Waals surface area (Å²) in [5.41, 5.74) is 7.97. The van der Waals surface area contributed by atoms with E-state index in [0.717, 1.165) is 112 Å². The molecule has 3 aliphatic rings. The first-order chi connectivity index (χ1) is 24.9. The zero-order chi connectivity index (χ0) is 36.5. The number of rotatable bonds is 8. The third-order valence-electron chi connectivity index (χ3n) is 10.6. The van der Waals surface area contributed by atoms with Gasteiger partial charge in [0.05, 0.1) is 45.9 Å². The molecule has 1 aliphatic carbocycles. The maximum Gasteiger partial charge on any atom is 0.409 e. The molecule has 12 heteroatoms. The monoisotopic (exact) mass is 740 g/mol. The molecular weight excluding hydrogens is 696 g/mol. The van der Waals surface area contributed by atoms with Crippen molar-refractivity contribution in [3.63, 3.8) is 0 Å². The number of carbonyl (C=O) groups is 2. The third kappa shape index (κ3) is 6.61. The van der Waals surface area contributed by atoms with Crippen LogP contribution in [0.1, 0.15) is 88.3 Å². The van der Waals surface area contributed by atoms with Gasteiger partial charge in [-0.25, -0.2) is 14.8 Å². The molecule has 10 nitrogen and oxygen atoms in total. The Morgan fingerprint density at radius 3 is 2.33 bits per heavy atom. The first-order valence-electron chi connectivity index (χ1n) is 18.2. The third-order valence-corrected chi connectivity index (χ3v) is 11.9. The molecule has 0 bridgehead atoms. The van der Waals surface area contributed by atoms with Crippen LogP contribution in [0.5, 0.6) is 0 Å². The molecule has 1 atom stereocenters. The van der Waals surface area contributed by atoms with E-state index in [1.165, 1.54) is 7.11 Å². The van der Waals surface area contributed by atoms with E-state index in [-0.39, 0.29) is 11.9 Å². The largest absolute Gasteiger partial charge is 0.453 e. The van der Waals surface area contributed by atoms with Gasteiger partial charge in [0, 0.05) is 41.2 Å². The maximum atomic E-state index is 13.2. The molecule has 5 aromatic rings. The molecule has 272 valence electrons. The summed E-state index contributed by atoms with van der Waals surface area (Å²) >= 11 is 7.94. The van der Waals surface area contributed by atoms with Crippen molar-refractivity contribution in [2.45, 2.75) is 90.0 Å². The van der Waals surface area contributed by atoms with Crippen LogP contribution in [0, 0.1) is 6.92 Å². The highest BCUT2D eigenvalue weighted by molar-refractivity contribution is 7.22. The number of aryl methyl sites for hydroxylation is 1. The van der Waals surface area contributed by atoms with Gasteiger partial charge in [-0.3, -0.25) is 14.4 Å². The zero-order valence-electron chi connectivity index (χ0n) is 30.6. The van der Waals surface area contributed by atoms with E-state index in [1.54, 1.807) is 23.2 Å². The summed E-state index contributed by atoms with van der Waals surface area (Å²) < 4.78 is 14.5. The van der Waals surface area contributed by atoms with Crippen molar-refractivity contribution >= 4 is 56.1 Å². The van der Waals surface area contributed by atoms with E-state index in [9.17, 15) is 9.59 Å². The number of thiazole rings is 1. The van der Waals surface area contributed by atoms with Crippen molar-refractivity contribution < 1.29 is 19.1 Å². The lowest BCUT2D eigenvalue weighted by molar-refractivity contribution is -0.138. The van der Waals surface area contributed by atoms with E-state index in [2.05, 4.69) is 27.8 Å². The molecule has 0 N–H and O–H groups in total. The van der Waals surface area contributed by atoms with E-state index in [0.29, 0.717) is 23.0 Å². The summed E-state index contributed by atoms with van der Waals surface area (Å²) in [5.74, 6) is 0.257. The molecule has 2 aromatic carbocycles. The van der Waals surface area contributed by atoms with Gasteiger partial charge < -0.3 is 14.4 Å². The minimum Gasteiger partial charge on any atom is -0.453 e. The summed E-state index contributed by atoms with van der Waals surface area (Å²) in [6.45, 7) is 12.9. The maximum absolute atomic E-state index is 13.2. The molecule has 0 unspecified atom stereocenters. The van der Waals surface area contributed by atoms with Gasteiger partial charge in [0.15, 0.2) is 5.78 Å². The Hall–Kier alpha value is -3.90. The number of fused-ring (bicyclic) bond motifs is 2. The Morgan fingerprint density at radius 1 is 0.981 bits per heavy atom. The number of ether oxygens (including phenoxy) is 2. The topological polar surface area (TPSA) is 103 Å². The molecule has 3 aromatic heterocycles. The Balaban J connectivity index is 1.17. The number of hydrogen-bond acceptors (Lipinski definition) is 9. The van der Waals surface area contributed by atoms with Crippen molar-refractivity contribution in [3.8, 4) is 21.8 Å². The fraction of sp³-hybridized carbons (Fsp3) is 0.475. The van der Waals surface area contributed by atoms with Gasteiger partial charge in [0.25, 0.3) is 0 Å². The van der Waals surface area contributed by atoms with Gasteiger partial charge >= 0.3 is 6.09 Å². The molecule has 0 radical (unpaired) electrons. The van der Waals surface area contributed by atoms with E-state index < -0.39 is 11.7 Å². The standard InChI is InChI=1S/C40H45ClN6O4S/c1-22-19-30-37(33(24-7-9-26(41)10-8-24)32(22)36(23(2)48)51-40(3,4)5)52-38(43-30)29-13-14-31-35(42-29)34(44-47(31)27-11-12-27)25-15-17-45(18-16-25)28-20-46(21-28)39(49)50-6/h7-10,13-14,19,25,27-28,36H,11-12,15-18,20-21H2,1-6H3/t36-/m1/s1. The van der Waals surface area contributed by atoms with Gasteiger partial charge in [0.1, 0.15) is 16.6 Å². The number of benzene rings is 2. The van der Waals surface area contributed by atoms with Crippen LogP contribution in [-0.2, 0) is 14.3 Å². The summed E-state index contributed by atoms with van der Waals surface area (Å²) in [5, 5.41) is 6.71. The molecule has 8 rings (SSSR count). The van der Waals surface area contributed by atoms with Gasteiger partial charge in [-0.15, -0.1) is 11.3 Å². The van der Waals surface area contributed by atoms with Crippen molar-refractivity contribution in [3.05, 3.63) is 64.3 Å². The van der Waals surface area contributed by atoms with Crippen LogP contribution in [0.25, 0.3) is 43.1 Å². The lowest BCUT2D eigenvalue weighted by Crippen LogP contribution is -2.62. The van der Waals surface area contributed by atoms with Crippen LogP contribution < -0.4 is 0 Å². The van der Waals surface area contributed by atoms with Crippen LogP contribution in [0.2, 0.25) is 5.02 Å². The number of halogens is 1. The second-order valence-electron chi connectivity index (χ2n) is 15.5. The first-order valence-corrected chi connectivity index (χ1v) is 19.4. The fourth-order valence-corrected chi connectivity index (χ4v) is 9.02. The number of nitrogens with zero attached hydrogens (tertiary/aromatic N) is 6. The highest BCUT2D eigenvalue weighted by atomic mass is 35.5. The number of aromatic nitrogens is 4. The second kappa shape index (κ2) is 13.5. The van der Waals surface area contributed by atoms with Crippen molar-refractivity contribution in [2.24, 2.45) is 0 Å². The Kier molecular flexibility index (Phi) is 9.13. The number of hydrogen-bond donors (Lipinski definition) is 0. The number of pyridine rings is 1. The number of carbonyl (C=O) groups excluding carboxylic acids is 2. The van der Waals surface area contributed by atoms with Crippen molar-refractivity contribution in [1.82, 2.24) is 29.5 Å². The first kappa shape index (κ1) is 35.1. The van der Waals surface area contributed by atoms with Gasteiger partial charge in [-0.2, -0.15) is 5.10 Å². The van der Waals surface area contributed by atoms with E-state index in [1.807, 2.05) is 52.0 Å². The van der Waals surface area contributed by atoms with Crippen LogP contribution in [0.3, 0.4) is 0 Å². The number of amides is 1. The van der Waals surface area contributed by atoms with E-state index >= 15 is 0 Å². The number of likely N-dealkylation sites (tertiary alicyclic amines) is 2. The molecule has 2 saturated heterocycles. The molecule has 2 aliphatic heterocycles. The number of Topliss-reactive ketones (excluding diaryl/α,β-unsaturated/α-hetero) is 1. The van der Waals surface area contributed by atoms with Crippen molar-refractivity contribution in [2.75, 3.05) is 33.3 Å². The predicted molar refractivity (Wildman–Crippen MR) is 205 cm³/mol. The molecule has 3 fully saturated rings. The van der Waals surface area contributed by atoms with E-state index in [4.69, 9.17) is 36.1 Å². The van der Waals surface area contributed by atoms with Gasteiger partial charge in [0.2, 0.25) is 0 Å². The van der Waals surface area contributed by atoms with Crippen LogP contribution in [0.15, 0.2) is 42.5 Å². The minimum absolute atomic E-state index is 0.0497. The Bertz CT molecular complexity index is 2170. The summed E-state index contributed by atoms with van der Waals surface area (Å²) in [6, 6.07) is 14.9. The minimum atomic E-state index is -0.742. The quantitative estimate of drug-likeness (QED) is 0.156. The average Bonchev–Trinajstić information content (AvgIpc) is 3.74. The Morgan fingerprint density at radius 2 is 1.69 bits per heavy atom. The molecule has 52 heavy (non-hydrogen) atoms.